The lowest BCUT2D eigenvalue weighted by atomic mass is 10.1. The number of carbonyl (C=O) groups excluding carboxylic acids is 2. The van der Waals surface area contributed by atoms with Crippen molar-refractivity contribution in [2.24, 2.45) is 0 Å². The fraction of sp³-hybridized carbons (Fsp3) is 0.400. The summed E-state index contributed by atoms with van der Waals surface area (Å²) in [5.41, 5.74) is 2.59. The van der Waals surface area contributed by atoms with Crippen molar-refractivity contribution < 1.29 is 14.0 Å². The molecule has 0 unspecified atom stereocenters. The van der Waals surface area contributed by atoms with Crippen molar-refractivity contribution in [3.63, 3.8) is 0 Å². The van der Waals surface area contributed by atoms with Gasteiger partial charge in [0.1, 0.15) is 5.76 Å². The summed E-state index contributed by atoms with van der Waals surface area (Å²) in [6.07, 6.45) is 1.54. The van der Waals surface area contributed by atoms with Crippen LogP contribution in [0.25, 0.3) is 0 Å². The Kier molecular flexibility index (Phi) is 6.62. The van der Waals surface area contributed by atoms with Gasteiger partial charge < -0.3 is 9.73 Å². The number of furan rings is 1. The van der Waals surface area contributed by atoms with Crippen LogP contribution in [0, 0.1) is 6.92 Å². The van der Waals surface area contributed by atoms with E-state index in [-0.39, 0.29) is 19.0 Å². The van der Waals surface area contributed by atoms with Crippen LogP contribution in [0.15, 0.2) is 47.1 Å². The number of imide groups is 1. The number of rotatable bonds is 6. The van der Waals surface area contributed by atoms with Crippen molar-refractivity contribution >= 4 is 11.9 Å². The van der Waals surface area contributed by atoms with Gasteiger partial charge in [0.15, 0.2) is 0 Å². The van der Waals surface area contributed by atoms with Gasteiger partial charge in [-0.05, 0) is 24.6 Å². The van der Waals surface area contributed by atoms with Gasteiger partial charge >= 0.3 is 6.03 Å². The summed E-state index contributed by atoms with van der Waals surface area (Å²) in [6.45, 7) is 6.95. The second-order valence-corrected chi connectivity index (χ2v) is 6.85. The second kappa shape index (κ2) is 9.34. The summed E-state index contributed by atoms with van der Waals surface area (Å²) in [6, 6.07) is 11.5. The highest BCUT2D eigenvalue weighted by Crippen LogP contribution is 2.10. The van der Waals surface area contributed by atoms with Crippen molar-refractivity contribution in [1.82, 2.24) is 20.4 Å². The number of urea groups is 1. The van der Waals surface area contributed by atoms with Crippen LogP contribution < -0.4 is 10.6 Å². The Hall–Kier alpha value is -2.64. The van der Waals surface area contributed by atoms with E-state index in [1.54, 1.807) is 18.4 Å². The Labute approximate surface area is 159 Å². The van der Waals surface area contributed by atoms with E-state index in [1.807, 2.05) is 0 Å². The highest BCUT2D eigenvalue weighted by Gasteiger charge is 2.20. The highest BCUT2D eigenvalue weighted by atomic mass is 16.3. The molecule has 7 heteroatoms. The molecule has 0 radical (unpaired) electrons. The Bertz CT molecular complexity index is 752. The molecule has 1 aromatic carbocycles. The third-order valence-electron chi connectivity index (χ3n) is 4.58. The van der Waals surface area contributed by atoms with Crippen LogP contribution in [-0.4, -0.2) is 54.5 Å². The zero-order valence-corrected chi connectivity index (χ0v) is 15.6. The van der Waals surface area contributed by atoms with Gasteiger partial charge in [-0.3, -0.25) is 19.9 Å². The molecule has 1 fully saturated rings. The molecule has 3 amide bonds. The largest absolute Gasteiger partial charge is 0.467 e. The monoisotopic (exact) mass is 370 g/mol. The van der Waals surface area contributed by atoms with Gasteiger partial charge in [-0.25, -0.2) is 4.79 Å². The summed E-state index contributed by atoms with van der Waals surface area (Å²) in [5, 5.41) is 4.96. The molecule has 144 valence electrons. The molecule has 7 nitrogen and oxygen atoms in total. The third kappa shape index (κ3) is 6.23. The van der Waals surface area contributed by atoms with Gasteiger partial charge in [-0.1, -0.05) is 29.8 Å². The van der Waals surface area contributed by atoms with Gasteiger partial charge in [-0.2, -0.15) is 0 Å². The van der Waals surface area contributed by atoms with Crippen molar-refractivity contribution in [1.29, 1.82) is 0 Å². The summed E-state index contributed by atoms with van der Waals surface area (Å²) in [7, 11) is 0. The smallest absolute Gasteiger partial charge is 0.321 e. The van der Waals surface area contributed by atoms with Crippen molar-refractivity contribution in [3.05, 3.63) is 59.5 Å². The molecule has 27 heavy (non-hydrogen) atoms. The van der Waals surface area contributed by atoms with Crippen LogP contribution in [0.1, 0.15) is 16.9 Å². The molecule has 1 aromatic heterocycles. The van der Waals surface area contributed by atoms with Crippen LogP contribution in [0.3, 0.4) is 0 Å². The zero-order chi connectivity index (χ0) is 19.1. The van der Waals surface area contributed by atoms with E-state index in [0.717, 1.165) is 32.7 Å². The molecule has 0 saturated carbocycles. The van der Waals surface area contributed by atoms with Gasteiger partial charge in [0.25, 0.3) is 0 Å². The second-order valence-electron chi connectivity index (χ2n) is 6.85. The zero-order valence-electron chi connectivity index (χ0n) is 15.6. The quantitative estimate of drug-likeness (QED) is 0.810. The molecule has 1 aliphatic rings. The molecule has 0 atom stereocenters. The van der Waals surface area contributed by atoms with E-state index in [4.69, 9.17) is 4.42 Å². The molecule has 1 aliphatic heterocycles. The Balaban J connectivity index is 1.34. The number of hydrogen-bond donors (Lipinski definition) is 2. The van der Waals surface area contributed by atoms with E-state index >= 15 is 0 Å². The minimum Gasteiger partial charge on any atom is -0.467 e. The van der Waals surface area contributed by atoms with Gasteiger partial charge in [-0.15, -0.1) is 0 Å². The van der Waals surface area contributed by atoms with Crippen LogP contribution in [-0.2, 0) is 17.9 Å². The first-order valence-electron chi connectivity index (χ1n) is 9.19. The molecule has 0 spiro atoms. The number of benzene rings is 1. The van der Waals surface area contributed by atoms with E-state index < -0.39 is 6.03 Å². The Morgan fingerprint density at radius 2 is 1.85 bits per heavy atom. The van der Waals surface area contributed by atoms with Crippen molar-refractivity contribution in [3.8, 4) is 0 Å². The van der Waals surface area contributed by atoms with Gasteiger partial charge in [0.05, 0.1) is 19.4 Å². The predicted octanol–water partition coefficient (Wildman–Crippen LogP) is 1.73. The standard InChI is InChI=1S/C20H26N4O3/c1-16-4-2-5-17(12-16)14-23-7-9-24(10-8-23)15-19(25)22-20(26)21-13-18-6-3-11-27-18/h2-6,11-12H,7-10,13-15H2,1H3,(H2,21,22,25,26). The fourth-order valence-electron chi connectivity index (χ4n) is 3.17. The van der Waals surface area contributed by atoms with E-state index in [0.29, 0.717) is 5.76 Å². The normalized spacial score (nSPS) is 15.4. The van der Waals surface area contributed by atoms with Crippen LogP contribution >= 0.6 is 0 Å². The lowest BCUT2D eigenvalue weighted by molar-refractivity contribution is -0.121. The summed E-state index contributed by atoms with van der Waals surface area (Å²) in [5.74, 6) is 0.349. The summed E-state index contributed by atoms with van der Waals surface area (Å²) < 4.78 is 5.13. The maximum absolute atomic E-state index is 12.0. The average molecular weight is 370 g/mol. The number of amides is 3. The summed E-state index contributed by atoms with van der Waals surface area (Å²) in [4.78, 5) is 28.3. The lowest BCUT2D eigenvalue weighted by Crippen LogP contribution is -2.50. The fourth-order valence-corrected chi connectivity index (χ4v) is 3.17. The van der Waals surface area contributed by atoms with Crippen LogP contribution in [0.2, 0.25) is 0 Å². The maximum Gasteiger partial charge on any atom is 0.321 e. The SMILES string of the molecule is Cc1cccc(CN2CCN(CC(=O)NC(=O)NCc3ccco3)CC2)c1. The van der Waals surface area contributed by atoms with E-state index in [2.05, 4.69) is 51.6 Å². The molecule has 0 bridgehead atoms. The highest BCUT2D eigenvalue weighted by molar-refractivity contribution is 5.95. The number of piperazine rings is 1. The Morgan fingerprint density at radius 3 is 2.56 bits per heavy atom. The molecule has 0 aliphatic carbocycles. The number of nitrogens with one attached hydrogen (secondary N) is 2. The first-order chi connectivity index (χ1) is 13.1. The first-order valence-corrected chi connectivity index (χ1v) is 9.19. The molecular weight excluding hydrogens is 344 g/mol. The molecule has 2 aromatic rings. The molecule has 2 heterocycles. The first kappa shape index (κ1) is 19.1. The number of aryl methyl sites for hydroxylation is 1. The van der Waals surface area contributed by atoms with E-state index in [1.165, 1.54) is 11.1 Å². The Morgan fingerprint density at radius 1 is 1.07 bits per heavy atom. The average Bonchev–Trinajstić information content (AvgIpc) is 3.15. The molecule has 1 saturated heterocycles. The molecule has 2 N–H and O–H groups in total. The number of hydrogen-bond acceptors (Lipinski definition) is 5. The van der Waals surface area contributed by atoms with Crippen molar-refractivity contribution in [2.45, 2.75) is 20.0 Å². The number of nitrogens with zero attached hydrogens (tertiary/aromatic N) is 2. The third-order valence-corrected chi connectivity index (χ3v) is 4.58. The summed E-state index contributed by atoms with van der Waals surface area (Å²) >= 11 is 0. The van der Waals surface area contributed by atoms with E-state index in [9.17, 15) is 9.59 Å². The molecule has 3 rings (SSSR count). The van der Waals surface area contributed by atoms with Crippen LogP contribution in [0.4, 0.5) is 4.79 Å². The topological polar surface area (TPSA) is 77.8 Å². The molecular formula is C20H26N4O3. The predicted molar refractivity (Wildman–Crippen MR) is 102 cm³/mol. The minimum absolute atomic E-state index is 0.229. The minimum atomic E-state index is -0.505. The van der Waals surface area contributed by atoms with Gasteiger partial charge in [0, 0.05) is 32.7 Å². The number of carbonyl (C=O) groups is 2. The maximum atomic E-state index is 12.0. The van der Waals surface area contributed by atoms with Gasteiger partial charge in [0.2, 0.25) is 5.91 Å². The lowest BCUT2D eigenvalue weighted by Gasteiger charge is -2.34. The van der Waals surface area contributed by atoms with Crippen LogP contribution in [0.5, 0.6) is 0 Å². The van der Waals surface area contributed by atoms with Crippen molar-refractivity contribution in [2.75, 3.05) is 32.7 Å².